The van der Waals surface area contributed by atoms with E-state index in [1.54, 1.807) is 7.11 Å². The Balaban J connectivity index is 2.10. The summed E-state index contributed by atoms with van der Waals surface area (Å²) in [5, 5.41) is 0. The second kappa shape index (κ2) is 4.64. The molecule has 1 aliphatic rings. The highest BCUT2D eigenvalue weighted by Gasteiger charge is 2.32. The van der Waals surface area contributed by atoms with E-state index in [2.05, 4.69) is 4.72 Å². The van der Waals surface area contributed by atoms with Gasteiger partial charge in [-0.2, -0.15) is 17.4 Å². The van der Waals surface area contributed by atoms with Gasteiger partial charge in [0.1, 0.15) is 5.75 Å². The van der Waals surface area contributed by atoms with Crippen LogP contribution in [-0.2, 0) is 16.8 Å². The lowest BCUT2D eigenvalue weighted by molar-refractivity contribution is 0.412. The molecule has 17 heavy (non-hydrogen) atoms. The Hall–Kier alpha value is -1.11. The molecule has 5 nitrogen and oxygen atoms in total. The molecule has 94 valence electrons. The van der Waals surface area contributed by atoms with E-state index in [-0.39, 0.29) is 6.04 Å². The van der Waals surface area contributed by atoms with Crippen LogP contribution < -0.4 is 9.46 Å². The number of nitrogens with zero attached hydrogens (tertiary/aromatic N) is 1. The van der Waals surface area contributed by atoms with Crippen molar-refractivity contribution in [3.05, 3.63) is 29.8 Å². The first kappa shape index (κ1) is 12.3. The SMILES string of the molecule is COc1ccc(CN2C[C@H](C)NS2(=O)=O)cc1. The van der Waals surface area contributed by atoms with E-state index in [1.807, 2.05) is 31.2 Å². The van der Waals surface area contributed by atoms with Crippen molar-refractivity contribution < 1.29 is 13.2 Å². The molecular weight excluding hydrogens is 240 g/mol. The van der Waals surface area contributed by atoms with Gasteiger partial charge in [-0.05, 0) is 24.6 Å². The Kier molecular flexibility index (Phi) is 3.37. The number of methoxy groups -OCH3 is 1. The monoisotopic (exact) mass is 256 g/mol. The van der Waals surface area contributed by atoms with Gasteiger partial charge in [-0.15, -0.1) is 0 Å². The summed E-state index contributed by atoms with van der Waals surface area (Å²) in [4.78, 5) is 0. The van der Waals surface area contributed by atoms with E-state index in [0.29, 0.717) is 13.1 Å². The van der Waals surface area contributed by atoms with Crippen LogP contribution in [0, 0.1) is 0 Å². The molecule has 0 bridgehead atoms. The van der Waals surface area contributed by atoms with Crippen molar-refractivity contribution >= 4 is 10.2 Å². The highest BCUT2D eigenvalue weighted by molar-refractivity contribution is 7.87. The predicted molar refractivity (Wildman–Crippen MR) is 64.9 cm³/mol. The maximum absolute atomic E-state index is 11.7. The summed E-state index contributed by atoms with van der Waals surface area (Å²) < 4.78 is 32.4. The van der Waals surface area contributed by atoms with E-state index >= 15 is 0 Å². The van der Waals surface area contributed by atoms with Crippen molar-refractivity contribution in [2.45, 2.75) is 19.5 Å². The zero-order chi connectivity index (χ0) is 12.5. The van der Waals surface area contributed by atoms with E-state index in [0.717, 1.165) is 11.3 Å². The van der Waals surface area contributed by atoms with Crippen LogP contribution in [0.4, 0.5) is 0 Å². The molecule has 1 N–H and O–H groups in total. The highest BCUT2D eigenvalue weighted by atomic mass is 32.2. The van der Waals surface area contributed by atoms with Crippen LogP contribution in [0.3, 0.4) is 0 Å². The van der Waals surface area contributed by atoms with Gasteiger partial charge in [-0.1, -0.05) is 12.1 Å². The van der Waals surface area contributed by atoms with Crippen LogP contribution in [-0.4, -0.2) is 32.4 Å². The molecule has 1 heterocycles. The van der Waals surface area contributed by atoms with E-state index < -0.39 is 10.2 Å². The van der Waals surface area contributed by atoms with Gasteiger partial charge in [0.15, 0.2) is 0 Å². The van der Waals surface area contributed by atoms with Gasteiger partial charge in [0.25, 0.3) is 10.2 Å². The van der Waals surface area contributed by atoms with E-state index in [9.17, 15) is 8.42 Å². The van der Waals surface area contributed by atoms with E-state index in [4.69, 9.17) is 4.74 Å². The Morgan fingerprint density at radius 1 is 1.41 bits per heavy atom. The quantitative estimate of drug-likeness (QED) is 0.867. The Morgan fingerprint density at radius 2 is 2.06 bits per heavy atom. The fraction of sp³-hybridized carbons (Fsp3) is 0.455. The summed E-state index contributed by atoms with van der Waals surface area (Å²) in [6, 6.07) is 7.37. The summed E-state index contributed by atoms with van der Waals surface area (Å²) in [5.74, 6) is 0.768. The number of ether oxygens (including phenoxy) is 1. The van der Waals surface area contributed by atoms with Crippen LogP contribution in [0.25, 0.3) is 0 Å². The number of benzene rings is 1. The van der Waals surface area contributed by atoms with Gasteiger partial charge < -0.3 is 4.74 Å². The van der Waals surface area contributed by atoms with Crippen LogP contribution in [0.5, 0.6) is 5.75 Å². The molecule has 1 aromatic rings. The third-order valence-electron chi connectivity index (χ3n) is 2.69. The van der Waals surface area contributed by atoms with Crippen molar-refractivity contribution in [3.8, 4) is 5.75 Å². The van der Waals surface area contributed by atoms with Gasteiger partial charge >= 0.3 is 0 Å². The van der Waals surface area contributed by atoms with E-state index in [1.165, 1.54) is 4.31 Å². The lowest BCUT2D eigenvalue weighted by Gasteiger charge is -2.13. The third kappa shape index (κ3) is 2.77. The summed E-state index contributed by atoms with van der Waals surface area (Å²) in [5.41, 5.74) is 0.949. The van der Waals surface area contributed by atoms with Crippen molar-refractivity contribution in [1.82, 2.24) is 9.03 Å². The fourth-order valence-corrected chi connectivity index (χ4v) is 3.32. The molecule has 0 spiro atoms. The summed E-state index contributed by atoms with van der Waals surface area (Å²) in [6.45, 7) is 2.75. The molecule has 1 atom stereocenters. The Labute approximate surface area is 102 Å². The average Bonchev–Trinajstić information content (AvgIpc) is 2.53. The average molecular weight is 256 g/mol. The molecule has 1 aliphatic heterocycles. The molecular formula is C11H16N2O3S. The van der Waals surface area contributed by atoms with Crippen molar-refractivity contribution in [2.24, 2.45) is 0 Å². The second-order valence-electron chi connectivity index (χ2n) is 4.16. The number of hydrogen-bond donors (Lipinski definition) is 1. The van der Waals surface area contributed by atoms with Crippen LogP contribution in [0.15, 0.2) is 24.3 Å². The lowest BCUT2D eigenvalue weighted by Crippen LogP contribution is -2.29. The van der Waals surface area contributed by atoms with Crippen LogP contribution >= 0.6 is 0 Å². The molecule has 2 rings (SSSR count). The molecule has 6 heteroatoms. The highest BCUT2D eigenvalue weighted by Crippen LogP contribution is 2.17. The Morgan fingerprint density at radius 3 is 2.53 bits per heavy atom. The maximum Gasteiger partial charge on any atom is 0.280 e. The first-order valence-electron chi connectivity index (χ1n) is 5.41. The number of rotatable bonds is 3. The van der Waals surface area contributed by atoms with Crippen LogP contribution in [0.1, 0.15) is 12.5 Å². The normalized spacial score (nSPS) is 23.8. The minimum atomic E-state index is -3.30. The zero-order valence-electron chi connectivity index (χ0n) is 9.88. The standard InChI is InChI=1S/C11H16N2O3S/c1-9-7-13(17(14,15)12-9)8-10-3-5-11(16-2)6-4-10/h3-6,9,12H,7-8H2,1-2H3/t9-/m0/s1. The van der Waals surface area contributed by atoms with Crippen molar-refractivity contribution in [3.63, 3.8) is 0 Å². The molecule has 1 fully saturated rings. The molecule has 1 aromatic carbocycles. The van der Waals surface area contributed by atoms with Crippen molar-refractivity contribution in [1.29, 1.82) is 0 Å². The largest absolute Gasteiger partial charge is 0.497 e. The number of hydrogen-bond acceptors (Lipinski definition) is 3. The molecule has 0 aromatic heterocycles. The zero-order valence-corrected chi connectivity index (χ0v) is 10.7. The molecule has 0 amide bonds. The predicted octanol–water partition coefficient (Wildman–Crippen LogP) is 0.734. The summed E-state index contributed by atoms with van der Waals surface area (Å²) in [7, 11) is -1.70. The lowest BCUT2D eigenvalue weighted by atomic mass is 10.2. The van der Waals surface area contributed by atoms with Gasteiger partial charge in [0.2, 0.25) is 0 Å². The molecule has 0 unspecified atom stereocenters. The maximum atomic E-state index is 11.7. The fourth-order valence-electron chi connectivity index (χ4n) is 1.85. The molecule has 0 aliphatic carbocycles. The first-order chi connectivity index (χ1) is 8.01. The minimum absolute atomic E-state index is 0.0294. The summed E-state index contributed by atoms with van der Waals surface area (Å²) >= 11 is 0. The van der Waals surface area contributed by atoms with Gasteiger partial charge in [0.05, 0.1) is 7.11 Å². The molecule has 0 radical (unpaired) electrons. The minimum Gasteiger partial charge on any atom is -0.497 e. The third-order valence-corrected chi connectivity index (χ3v) is 4.34. The van der Waals surface area contributed by atoms with Crippen molar-refractivity contribution in [2.75, 3.05) is 13.7 Å². The topological polar surface area (TPSA) is 58.6 Å². The number of nitrogens with one attached hydrogen (secondary N) is 1. The molecule has 1 saturated heterocycles. The first-order valence-corrected chi connectivity index (χ1v) is 6.85. The molecule has 0 saturated carbocycles. The Bertz CT molecular complexity index is 484. The summed E-state index contributed by atoms with van der Waals surface area (Å²) in [6.07, 6.45) is 0. The van der Waals surface area contributed by atoms with Gasteiger partial charge in [0, 0.05) is 19.1 Å². The smallest absolute Gasteiger partial charge is 0.280 e. The second-order valence-corrected chi connectivity index (χ2v) is 5.87. The van der Waals surface area contributed by atoms with Gasteiger partial charge in [-0.25, -0.2) is 0 Å². The van der Waals surface area contributed by atoms with Crippen LogP contribution in [0.2, 0.25) is 0 Å². The van der Waals surface area contributed by atoms with Gasteiger partial charge in [-0.3, -0.25) is 0 Å².